The molecule has 3 rings (SSSR count). The Bertz CT molecular complexity index is 699. The molecule has 1 aliphatic carbocycles. The van der Waals surface area contributed by atoms with E-state index in [1.807, 2.05) is 6.07 Å². The van der Waals surface area contributed by atoms with Gasteiger partial charge in [-0.3, -0.25) is 4.79 Å². The summed E-state index contributed by atoms with van der Waals surface area (Å²) in [5.41, 5.74) is 3.26. The summed E-state index contributed by atoms with van der Waals surface area (Å²) >= 11 is 1.18. The molecule has 0 saturated carbocycles. The van der Waals surface area contributed by atoms with Crippen LogP contribution in [-0.2, 0) is 12.8 Å². The van der Waals surface area contributed by atoms with Gasteiger partial charge in [0.15, 0.2) is 0 Å². The molecule has 1 aromatic heterocycles. The van der Waals surface area contributed by atoms with Gasteiger partial charge < -0.3 is 10.1 Å². The van der Waals surface area contributed by atoms with Crippen molar-refractivity contribution in [3.63, 3.8) is 0 Å². The molecule has 23 heavy (non-hydrogen) atoms. The van der Waals surface area contributed by atoms with Crippen molar-refractivity contribution < 1.29 is 9.53 Å². The molecule has 5 nitrogen and oxygen atoms in total. The number of amides is 1. The molecule has 0 radical (unpaired) electrons. The lowest BCUT2D eigenvalue weighted by Gasteiger charge is -2.26. The topological polar surface area (TPSA) is 64.1 Å². The van der Waals surface area contributed by atoms with Crippen LogP contribution in [0.1, 0.15) is 58.7 Å². The van der Waals surface area contributed by atoms with E-state index in [1.54, 1.807) is 7.11 Å². The Hall–Kier alpha value is -1.95. The van der Waals surface area contributed by atoms with Crippen LogP contribution in [-0.4, -0.2) is 22.6 Å². The number of rotatable bonds is 5. The van der Waals surface area contributed by atoms with E-state index in [-0.39, 0.29) is 11.9 Å². The highest BCUT2D eigenvalue weighted by atomic mass is 32.1. The molecule has 0 bridgehead atoms. The van der Waals surface area contributed by atoms with E-state index in [2.05, 4.69) is 34.0 Å². The Morgan fingerprint density at radius 2 is 2.35 bits per heavy atom. The molecule has 0 unspecified atom stereocenters. The van der Waals surface area contributed by atoms with E-state index in [0.717, 1.165) is 43.5 Å². The average molecular weight is 331 g/mol. The number of methoxy groups -OCH3 is 1. The molecule has 1 atom stereocenters. The highest BCUT2D eigenvalue weighted by Gasteiger charge is 2.24. The SMILES string of the molecule is CCCc1nnsc1C(=O)N[C@@H]1CCCc2cc(OC)ccc21. The average Bonchev–Trinajstić information content (AvgIpc) is 3.03. The minimum absolute atomic E-state index is 0.0498. The van der Waals surface area contributed by atoms with Gasteiger partial charge >= 0.3 is 0 Å². The maximum Gasteiger partial charge on any atom is 0.265 e. The Labute approximate surface area is 140 Å². The molecule has 122 valence electrons. The van der Waals surface area contributed by atoms with E-state index in [4.69, 9.17) is 4.74 Å². The number of benzene rings is 1. The van der Waals surface area contributed by atoms with Gasteiger partial charge in [-0.1, -0.05) is 23.9 Å². The van der Waals surface area contributed by atoms with E-state index in [0.29, 0.717) is 4.88 Å². The first-order valence-electron chi connectivity index (χ1n) is 8.01. The molecule has 1 aliphatic rings. The smallest absolute Gasteiger partial charge is 0.265 e. The van der Waals surface area contributed by atoms with Gasteiger partial charge in [-0.15, -0.1) is 5.10 Å². The maximum atomic E-state index is 12.6. The monoisotopic (exact) mass is 331 g/mol. The summed E-state index contributed by atoms with van der Waals surface area (Å²) < 4.78 is 9.23. The summed E-state index contributed by atoms with van der Waals surface area (Å²) in [6.07, 6.45) is 4.80. The molecule has 0 saturated heterocycles. The van der Waals surface area contributed by atoms with Crippen LogP contribution in [0.2, 0.25) is 0 Å². The number of nitrogens with zero attached hydrogens (tertiary/aromatic N) is 2. The first-order valence-corrected chi connectivity index (χ1v) is 8.79. The van der Waals surface area contributed by atoms with Gasteiger partial charge in [0.1, 0.15) is 10.6 Å². The fourth-order valence-electron chi connectivity index (χ4n) is 3.07. The largest absolute Gasteiger partial charge is 0.497 e. The molecule has 1 amide bonds. The van der Waals surface area contributed by atoms with Crippen molar-refractivity contribution >= 4 is 17.4 Å². The van der Waals surface area contributed by atoms with Crippen LogP contribution >= 0.6 is 11.5 Å². The van der Waals surface area contributed by atoms with Gasteiger partial charge in [0.25, 0.3) is 5.91 Å². The minimum Gasteiger partial charge on any atom is -0.497 e. The van der Waals surface area contributed by atoms with Crippen LogP contribution in [0.3, 0.4) is 0 Å². The zero-order valence-corrected chi connectivity index (χ0v) is 14.3. The molecular weight excluding hydrogens is 310 g/mol. The van der Waals surface area contributed by atoms with Crippen molar-refractivity contribution in [2.45, 2.75) is 45.1 Å². The van der Waals surface area contributed by atoms with Gasteiger partial charge in [-0.05, 0) is 60.5 Å². The molecule has 1 aromatic carbocycles. The van der Waals surface area contributed by atoms with E-state index >= 15 is 0 Å². The van der Waals surface area contributed by atoms with E-state index in [1.165, 1.54) is 22.7 Å². The van der Waals surface area contributed by atoms with Gasteiger partial charge in [-0.25, -0.2) is 0 Å². The van der Waals surface area contributed by atoms with Crippen molar-refractivity contribution in [1.29, 1.82) is 0 Å². The van der Waals surface area contributed by atoms with Crippen LogP contribution in [0.4, 0.5) is 0 Å². The third-order valence-electron chi connectivity index (χ3n) is 4.22. The Morgan fingerprint density at radius 3 is 3.13 bits per heavy atom. The van der Waals surface area contributed by atoms with E-state index < -0.39 is 0 Å². The van der Waals surface area contributed by atoms with Gasteiger partial charge in [0.2, 0.25) is 0 Å². The lowest BCUT2D eigenvalue weighted by atomic mass is 9.87. The summed E-state index contributed by atoms with van der Waals surface area (Å²) in [6.45, 7) is 2.08. The number of aryl methyl sites for hydroxylation is 2. The highest BCUT2D eigenvalue weighted by molar-refractivity contribution is 7.08. The minimum atomic E-state index is -0.0582. The standard InChI is InChI=1S/C17H21N3O2S/c1-3-5-15-16(23-20-19-15)17(21)18-14-7-4-6-11-10-12(22-2)8-9-13(11)14/h8-10,14H,3-7H2,1-2H3,(H,18,21)/t14-/m1/s1. The second-order valence-corrected chi connectivity index (χ2v) is 6.54. The molecule has 2 aromatic rings. The maximum absolute atomic E-state index is 12.6. The molecule has 1 N–H and O–H groups in total. The van der Waals surface area contributed by atoms with Crippen molar-refractivity contribution in [2.75, 3.05) is 7.11 Å². The molecule has 1 heterocycles. The van der Waals surface area contributed by atoms with Gasteiger partial charge in [0, 0.05) is 0 Å². The number of fused-ring (bicyclic) bond motifs is 1. The third kappa shape index (κ3) is 3.37. The van der Waals surface area contributed by atoms with Crippen LogP contribution in [0.15, 0.2) is 18.2 Å². The summed E-state index contributed by atoms with van der Waals surface area (Å²) in [5.74, 6) is 0.810. The third-order valence-corrected chi connectivity index (χ3v) is 4.99. The van der Waals surface area contributed by atoms with Crippen molar-refractivity contribution in [1.82, 2.24) is 14.9 Å². The first kappa shape index (κ1) is 15.9. The Morgan fingerprint density at radius 1 is 1.48 bits per heavy atom. The number of hydrogen-bond donors (Lipinski definition) is 1. The molecular formula is C17H21N3O2S. The zero-order chi connectivity index (χ0) is 16.2. The summed E-state index contributed by atoms with van der Waals surface area (Å²) in [7, 11) is 1.68. The van der Waals surface area contributed by atoms with Crippen LogP contribution in [0.25, 0.3) is 0 Å². The van der Waals surface area contributed by atoms with Crippen LogP contribution < -0.4 is 10.1 Å². The molecule has 0 aliphatic heterocycles. The number of ether oxygens (including phenoxy) is 1. The second-order valence-electron chi connectivity index (χ2n) is 5.78. The Balaban J connectivity index is 1.79. The van der Waals surface area contributed by atoms with Crippen molar-refractivity contribution in [3.05, 3.63) is 39.9 Å². The number of nitrogens with one attached hydrogen (secondary N) is 1. The number of carbonyl (C=O) groups is 1. The van der Waals surface area contributed by atoms with Crippen LogP contribution in [0.5, 0.6) is 5.75 Å². The Kier molecular flexibility index (Phi) is 4.91. The summed E-state index contributed by atoms with van der Waals surface area (Å²) in [6, 6.07) is 6.15. The lowest BCUT2D eigenvalue weighted by molar-refractivity contribution is 0.0935. The molecule has 0 fully saturated rings. The van der Waals surface area contributed by atoms with Crippen molar-refractivity contribution in [3.8, 4) is 5.75 Å². The van der Waals surface area contributed by atoms with Crippen LogP contribution in [0, 0.1) is 0 Å². The summed E-state index contributed by atoms with van der Waals surface area (Å²) in [4.78, 5) is 13.2. The molecule has 0 spiro atoms. The normalized spacial score (nSPS) is 16.7. The highest BCUT2D eigenvalue weighted by Crippen LogP contribution is 2.32. The molecule has 6 heteroatoms. The summed E-state index contributed by atoms with van der Waals surface area (Å²) in [5, 5.41) is 7.24. The fourth-order valence-corrected chi connectivity index (χ4v) is 3.68. The quantitative estimate of drug-likeness (QED) is 0.913. The predicted octanol–water partition coefficient (Wildman–Crippen LogP) is 3.31. The number of hydrogen-bond acceptors (Lipinski definition) is 5. The predicted molar refractivity (Wildman–Crippen MR) is 90.0 cm³/mol. The lowest BCUT2D eigenvalue weighted by Crippen LogP contribution is -2.31. The van der Waals surface area contributed by atoms with E-state index in [9.17, 15) is 4.79 Å². The van der Waals surface area contributed by atoms with Gasteiger partial charge in [0.05, 0.1) is 18.8 Å². The second kappa shape index (κ2) is 7.08. The number of carbonyl (C=O) groups excluding carboxylic acids is 1. The fraction of sp³-hybridized carbons (Fsp3) is 0.471. The van der Waals surface area contributed by atoms with Crippen molar-refractivity contribution in [2.24, 2.45) is 0 Å². The first-order chi connectivity index (χ1) is 11.2. The zero-order valence-electron chi connectivity index (χ0n) is 13.5. The van der Waals surface area contributed by atoms with Gasteiger partial charge in [-0.2, -0.15) is 0 Å². The number of aromatic nitrogens is 2.